The number of aromatic nitrogens is 1. The van der Waals surface area contributed by atoms with E-state index < -0.39 is 0 Å². The lowest BCUT2D eigenvalue weighted by atomic mass is 10.1. The van der Waals surface area contributed by atoms with E-state index in [0.717, 1.165) is 11.9 Å². The third kappa shape index (κ3) is 2.36. The van der Waals surface area contributed by atoms with Crippen LogP contribution in [0.3, 0.4) is 0 Å². The molecule has 1 unspecified atom stereocenters. The third-order valence-electron chi connectivity index (χ3n) is 3.48. The summed E-state index contributed by atoms with van der Waals surface area (Å²) < 4.78 is 2.23. The molecule has 2 aromatic rings. The second-order valence-corrected chi connectivity index (χ2v) is 5.25. The van der Waals surface area contributed by atoms with Crippen LogP contribution >= 0.6 is 0 Å². The molecule has 0 saturated heterocycles. The molecule has 0 fully saturated rings. The molecule has 1 aromatic carbocycles. The molecule has 0 aliphatic heterocycles. The first kappa shape index (κ1) is 13.0. The summed E-state index contributed by atoms with van der Waals surface area (Å²) in [6, 6.07) is 6.47. The highest BCUT2D eigenvalue weighted by atomic mass is 16.3. The van der Waals surface area contributed by atoms with Gasteiger partial charge in [-0.2, -0.15) is 0 Å². The summed E-state index contributed by atoms with van der Waals surface area (Å²) in [5.74, 6) is 0.329. The lowest BCUT2D eigenvalue weighted by Crippen LogP contribution is -2.23. The van der Waals surface area contributed by atoms with Crippen LogP contribution in [-0.2, 0) is 6.42 Å². The molecule has 0 saturated carbocycles. The fourth-order valence-electron chi connectivity index (χ4n) is 2.33. The smallest absolute Gasteiger partial charge is 0.117 e. The first-order valence-electron chi connectivity index (χ1n) is 6.52. The molecule has 3 nitrogen and oxygen atoms in total. The van der Waals surface area contributed by atoms with Crippen molar-refractivity contribution in [2.24, 2.45) is 0 Å². The van der Waals surface area contributed by atoms with E-state index in [1.807, 2.05) is 19.2 Å². The predicted octanol–water partition coefficient (Wildman–Crippen LogP) is 3.08. The van der Waals surface area contributed by atoms with Crippen LogP contribution in [0.25, 0.3) is 10.9 Å². The van der Waals surface area contributed by atoms with Gasteiger partial charge in [0, 0.05) is 29.7 Å². The van der Waals surface area contributed by atoms with Gasteiger partial charge < -0.3 is 15.0 Å². The number of phenolic OH excluding ortho intramolecular Hbond substituents is 1. The molecule has 0 aliphatic carbocycles. The van der Waals surface area contributed by atoms with Gasteiger partial charge in [-0.25, -0.2) is 0 Å². The first-order chi connectivity index (χ1) is 8.52. The lowest BCUT2D eigenvalue weighted by Gasteiger charge is -2.09. The number of nitrogens with one attached hydrogen (secondary N) is 1. The molecule has 0 radical (unpaired) electrons. The Kier molecular flexibility index (Phi) is 3.62. The number of rotatable bonds is 4. The fraction of sp³-hybridized carbons (Fsp3) is 0.467. The van der Waals surface area contributed by atoms with Crippen LogP contribution < -0.4 is 5.32 Å². The minimum Gasteiger partial charge on any atom is -0.508 e. The topological polar surface area (TPSA) is 37.2 Å². The summed E-state index contributed by atoms with van der Waals surface area (Å²) in [6.45, 7) is 6.50. The number of phenols is 1. The molecular formula is C15H22N2O. The maximum Gasteiger partial charge on any atom is 0.117 e. The highest BCUT2D eigenvalue weighted by Gasteiger charge is 2.12. The molecule has 2 rings (SSSR count). The Morgan fingerprint density at radius 3 is 2.61 bits per heavy atom. The van der Waals surface area contributed by atoms with Gasteiger partial charge >= 0.3 is 0 Å². The maximum absolute atomic E-state index is 9.65. The van der Waals surface area contributed by atoms with Crippen LogP contribution in [0.5, 0.6) is 5.75 Å². The van der Waals surface area contributed by atoms with E-state index >= 15 is 0 Å². The van der Waals surface area contributed by atoms with Gasteiger partial charge in [0.1, 0.15) is 5.75 Å². The van der Waals surface area contributed by atoms with Crippen LogP contribution in [0.2, 0.25) is 0 Å². The Labute approximate surface area is 108 Å². The van der Waals surface area contributed by atoms with Crippen molar-refractivity contribution in [2.75, 3.05) is 7.05 Å². The molecule has 0 aliphatic rings. The molecule has 2 N–H and O–H groups in total. The van der Waals surface area contributed by atoms with E-state index in [9.17, 15) is 5.11 Å². The van der Waals surface area contributed by atoms with Crippen molar-refractivity contribution in [3.05, 3.63) is 30.0 Å². The molecule has 0 amide bonds. The minimum absolute atomic E-state index is 0.329. The third-order valence-corrected chi connectivity index (χ3v) is 3.48. The average molecular weight is 246 g/mol. The van der Waals surface area contributed by atoms with Crippen molar-refractivity contribution < 1.29 is 5.11 Å². The van der Waals surface area contributed by atoms with E-state index in [4.69, 9.17) is 0 Å². The van der Waals surface area contributed by atoms with Gasteiger partial charge in [-0.15, -0.1) is 0 Å². The van der Waals surface area contributed by atoms with E-state index in [1.54, 1.807) is 6.07 Å². The van der Waals surface area contributed by atoms with E-state index in [1.165, 1.54) is 10.9 Å². The number of fused-ring (bicyclic) bond motifs is 1. The van der Waals surface area contributed by atoms with Crippen LogP contribution in [0.4, 0.5) is 0 Å². The Morgan fingerprint density at radius 1 is 1.28 bits per heavy atom. The summed E-state index contributed by atoms with van der Waals surface area (Å²) in [4.78, 5) is 0. The number of likely N-dealkylation sites (N-methyl/N-ethyl adjacent to an activating group) is 1. The van der Waals surface area contributed by atoms with Gasteiger partial charge in [0.25, 0.3) is 0 Å². The summed E-state index contributed by atoms with van der Waals surface area (Å²) >= 11 is 0. The van der Waals surface area contributed by atoms with Crippen LogP contribution in [0.15, 0.2) is 24.4 Å². The Balaban J connectivity index is 2.54. The quantitative estimate of drug-likeness (QED) is 0.870. The molecule has 0 spiro atoms. The molecule has 98 valence electrons. The molecule has 3 heteroatoms. The normalized spacial score (nSPS) is 13.4. The number of hydrogen-bond acceptors (Lipinski definition) is 2. The Morgan fingerprint density at radius 2 is 2.00 bits per heavy atom. The van der Waals surface area contributed by atoms with Crippen LogP contribution in [0, 0.1) is 0 Å². The standard InChI is InChI=1S/C15H22N2O/c1-10(2)17-9-12(7-11(3)16-4)14-6-5-13(18)8-15(14)17/h5-6,8-11,16,18H,7H2,1-4H3. The van der Waals surface area contributed by atoms with Crippen molar-refractivity contribution in [1.82, 2.24) is 9.88 Å². The first-order valence-corrected chi connectivity index (χ1v) is 6.52. The van der Waals surface area contributed by atoms with Crippen molar-refractivity contribution >= 4 is 10.9 Å². The molecule has 1 aromatic heterocycles. The van der Waals surface area contributed by atoms with E-state index in [2.05, 4.69) is 36.9 Å². The van der Waals surface area contributed by atoms with Crippen molar-refractivity contribution in [2.45, 2.75) is 39.3 Å². The number of nitrogens with zero attached hydrogens (tertiary/aromatic N) is 1. The van der Waals surface area contributed by atoms with Gasteiger partial charge in [-0.3, -0.25) is 0 Å². The van der Waals surface area contributed by atoms with Gasteiger partial charge in [-0.05, 0) is 51.9 Å². The number of benzene rings is 1. The van der Waals surface area contributed by atoms with Crippen molar-refractivity contribution in [3.8, 4) is 5.75 Å². The average Bonchev–Trinajstić information content (AvgIpc) is 2.67. The minimum atomic E-state index is 0.329. The molecular weight excluding hydrogens is 224 g/mol. The number of hydrogen-bond donors (Lipinski definition) is 2. The zero-order valence-electron chi connectivity index (χ0n) is 11.6. The summed E-state index contributed by atoms with van der Waals surface area (Å²) in [6.07, 6.45) is 3.21. The second kappa shape index (κ2) is 5.02. The monoisotopic (exact) mass is 246 g/mol. The zero-order valence-corrected chi connectivity index (χ0v) is 11.6. The van der Waals surface area contributed by atoms with Crippen LogP contribution in [-0.4, -0.2) is 22.8 Å². The highest BCUT2D eigenvalue weighted by molar-refractivity contribution is 5.85. The Hall–Kier alpha value is -1.48. The summed E-state index contributed by atoms with van der Waals surface area (Å²) in [5, 5.41) is 14.2. The van der Waals surface area contributed by atoms with E-state index in [0.29, 0.717) is 17.8 Å². The number of aromatic hydroxyl groups is 1. The SMILES string of the molecule is CNC(C)Cc1cn(C(C)C)c2cc(O)ccc12. The molecule has 1 heterocycles. The van der Waals surface area contributed by atoms with Gasteiger partial charge in [0.15, 0.2) is 0 Å². The molecule has 18 heavy (non-hydrogen) atoms. The van der Waals surface area contributed by atoms with Crippen molar-refractivity contribution in [3.63, 3.8) is 0 Å². The largest absolute Gasteiger partial charge is 0.508 e. The molecule has 1 atom stereocenters. The van der Waals surface area contributed by atoms with Crippen molar-refractivity contribution in [1.29, 1.82) is 0 Å². The van der Waals surface area contributed by atoms with Gasteiger partial charge in [-0.1, -0.05) is 0 Å². The summed E-state index contributed by atoms with van der Waals surface area (Å²) in [5.41, 5.74) is 2.45. The summed E-state index contributed by atoms with van der Waals surface area (Å²) in [7, 11) is 1.98. The zero-order chi connectivity index (χ0) is 13.3. The van der Waals surface area contributed by atoms with Gasteiger partial charge in [0.2, 0.25) is 0 Å². The highest BCUT2D eigenvalue weighted by Crippen LogP contribution is 2.28. The molecule has 0 bridgehead atoms. The van der Waals surface area contributed by atoms with Gasteiger partial charge in [0.05, 0.1) is 5.52 Å². The predicted molar refractivity (Wildman–Crippen MR) is 76.2 cm³/mol. The second-order valence-electron chi connectivity index (χ2n) is 5.25. The lowest BCUT2D eigenvalue weighted by molar-refractivity contribution is 0.475. The van der Waals surface area contributed by atoms with Crippen LogP contribution in [0.1, 0.15) is 32.4 Å². The fourth-order valence-corrected chi connectivity index (χ4v) is 2.33. The van der Waals surface area contributed by atoms with E-state index in [-0.39, 0.29) is 0 Å². The maximum atomic E-state index is 9.65. The Bertz CT molecular complexity index is 543.